The molecular weight excluding hydrogens is 382 g/mol. The Morgan fingerprint density at radius 1 is 1.17 bits per heavy atom. The molecule has 2 aliphatic carbocycles. The summed E-state index contributed by atoms with van der Waals surface area (Å²) in [5.41, 5.74) is 3.49. The molecule has 3 heterocycles. The van der Waals surface area contributed by atoms with E-state index in [9.17, 15) is 9.59 Å². The van der Waals surface area contributed by atoms with Crippen LogP contribution in [0.3, 0.4) is 0 Å². The summed E-state index contributed by atoms with van der Waals surface area (Å²) >= 11 is 1.62. The van der Waals surface area contributed by atoms with E-state index in [1.165, 1.54) is 35.3 Å². The number of nitrogens with zero attached hydrogens (tertiary/aromatic N) is 2. The maximum absolute atomic E-state index is 13.2. The van der Waals surface area contributed by atoms with Crippen molar-refractivity contribution in [1.82, 2.24) is 14.7 Å². The highest BCUT2D eigenvalue weighted by molar-refractivity contribution is 7.18. The quantitative estimate of drug-likeness (QED) is 0.652. The average molecular weight is 408 g/mol. The van der Waals surface area contributed by atoms with Crippen LogP contribution in [0.1, 0.15) is 65.7 Å². The number of allylic oxidation sites excluding steroid dienone is 1. The van der Waals surface area contributed by atoms with E-state index in [0.717, 1.165) is 48.7 Å². The van der Waals surface area contributed by atoms with Gasteiger partial charge in [-0.3, -0.25) is 14.0 Å². The fourth-order valence-electron chi connectivity index (χ4n) is 4.59. The zero-order chi connectivity index (χ0) is 19.8. The second kappa shape index (κ2) is 7.75. The Bertz CT molecular complexity index is 1190. The van der Waals surface area contributed by atoms with Crippen molar-refractivity contribution < 1.29 is 4.79 Å². The van der Waals surface area contributed by atoms with Gasteiger partial charge in [0.1, 0.15) is 4.83 Å². The van der Waals surface area contributed by atoms with Crippen LogP contribution < -0.4 is 10.9 Å². The van der Waals surface area contributed by atoms with Crippen molar-refractivity contribution in [2.45, 2.75) is 57.8 Å². The molecule has 29 heavy (non-hydrogen) atoms. The van der Waals surface area contributed by atoms with Gasteiger partial charge in [-0.2, -0.15) is 0 Å². The first kappa shape index (κ1) is 18.6. The Hall–Kier alpha value is -2.47. The zero-order valence-corrected chi connectivity index (χ0v) is 17.3. The number of aryl methyl sites for hydroxylation is 2. The lowest BCUT2D eigenvalue weighted by molar-refractivity contribution is 0.0955. The summed E-state index contributed by atoms with van der Waals surface area (Å²) in [6.07, 6.45) is 14.0. The first-order valence-electron chi connectivity index (χ1n) is 10.6. The molecule has 0 fully saturated rings. The highest BCUT2D eigenvalue weighted by Gasteiger charge is 2.22. The van der Waals surface area contributed by atoms with Crippen molar-refractivity contribution in [2.24, 2.45) is 0 Å². The van der Waals surface area contributed by atoms with Gasteiger partial charge >= 0.3 is 0 Å². The smallest absolute Gasteiger partial charge is 0.266 e. The molecule has 0 aliphatic heterocycles. The number of nitrogens with one attached hydrogen (secondary N) is 1. The van der Waals surface area contributed by atoms with E-state index in [4.69, 9.17) is 4.98 Å². The maximum atomic E-state index is 13.2. The fraction of sp³-hybridized carbons (Fsp3) is 0.435. The lowest BCUT2D eigenvalue weighted by Gasteiger charge is -2.13. The van der Waals surface area contributed by atoms with Crippen LogP contribution in [0.5, 0.6) is 0 Å². The van der Waals surface area contributed by atoms with Crippen LogP contribution in [0.25, 0.3) is 15.9 Å². The lowest BCUT2D eigenvalue weighted by Crippen LogP contribution is -2.27. The number of aromatic nitrogens is 2. The van der Waals surface area contributed by atoms with Gasteiger partial charge in [0.15, 0.2) is 5.65 Å². The van der Waals surface area contributed by atoms with Gasteiger partial charge in [0, 0.05) is 17.6 Å². The van der Waals surface area contributed by atoms with E-state index in [2.05, 4.69) is 11.4 Å². The van der Waals surface area contributed by atoms with E-state index in [-0.39, 0.29) is 11.5 Å². The average Bonchev–Trinajstić information content (AvgIpc) is 3.13. The Morgan fingerprint density at radius 3 is 2.90 bits per heavy atom. The Balaban J connectivity index is 1.48. The molecular formula is C23H25N3O2S. The second-order valence-electron chi connectivity index (χ2n) is 8.04. The molecule has 1 N–H and O–H groups in total. The van der Waals surface area contributed by atoms with Gasteiger partial charge in [0.05, 0.1) is 10.9 Å². The van der Waals surface area contributed by atoms with Crippen LogP contribution in [0.15, 0.2) is 34.8 Å². The minimum atomic E-state index is -0.160. The van der Waals surface area contributed by atoms with Crippen molar-refractivity contribution >= 4 is 33.1 Å². The molecule has 0 saturated heterocycles. The minimum absolute atomic E-state index is 0.0496. The Labute approximate surface area is 173 Å². The van der Waals surface area contributed by atoms with E-state index in [1.54, 1.807) is 34.1 Å². The van der Waals surface area contributed by atoms with Gasteiger partial charge in [-0.1, -0.05) is 11.6 Å². The van der Waals surface area contributed by atoms with Crippen molar-refractivity contribution in [2.75, 3.05) is 6.54 Å². The summed E-state index contributed by atoms with van der Waals surface area (Å²) in [6, 6.07) is 3.52. The molecule has 5 rings (SSSR count). The van der Waals surface area contributed by atoms with E-state index < -0.39 is 0 Å². The number of rotatable bonds is 4. The molecule has 0 aromatic carbocycles. The maximum Gasteiger partial charge on any atom is 0.266 e. The third-order valence-electron chi connectivity index (χ3n) is 6.12. The number of carbonyl (C=O) groups is 1. The first-order valence-corrected chi connectivity index (χ1v) is 11.5. The molecule has 0 unspecified atom stereocenters. The number of carbonyl (C=O) groups excluding carboxylic acids is 1. The molecule has 2 aliphatic rings. The third kappa shape index (κ3) is 3.39. The summed E-state index contributed by atoms with van der Waals surface area (Å²) in [6.45, 7) is 0.617. The Morgan fingerprint density at radius 2 is 2.03 bits per heavy atom. The summed E-state index contributed by atoms with van der Waals surface area (Å²) in [5, 5.41) is 3.78. The number of fused-ring (bicyclic) bond motifs is 4. The van der Waals surface area contributed by atoms with Gasteiger partial charge in [0.2, 0.25) is 0 Å². The molecule has 6 heteroatoms. The van der Waals surface area contributed by atoms with Crippen LogP contribution in [-0.2, 0) is 12.8 Å². The number of thiophene rings is 1. The van der Waals surface area contributed by atoms with Crippen molar-refractivity contribution in [1.29, 1.82) is 0 Å². The number of pyridine rings is 1. The molecule has 150 valence electrons. The molecule has 0 atom stereocenters. The van der Waals surface area contributed by atoms with E-state index in [1.807, 2.05) is 0 Å². The molecule has 1 amide bonds. The van der Waals surface area contributed by atoms with Crippen molar-refractivity contribution in [3.05, 3.63) is 56.3 Å². The summed E-state index contributed by atoms with van der Waals surface area (Å²) in [7, 11) is 0. The monoisotopic (exact) mass is 407 g/mol. The van der Waals surface area contributed by atoms with Crippen molar-refractivity contribution in [3.63, 3.8) is 0 Å². The highest BCUT2D eigenvalue weighted by Crippen LogP contribution is 2.34. The van der Waals surface area contributed by atoms with Crippen LogP contribution in [0.2, 0.25) is 0 Å². The summed E-state index contributed by atoms with van der Waals surface area (Å²) in [5.74, 6) is -0.160. The predicted octanol–water partition coefficient (Wildman–Crippen LogP) is 4.41. The molecule has 3 aromatic heterocycles. The topological polar surface area (TPSA) is 63.5 Å². The third-order valence-corrected chi connectivity index (χ3v) is 7.31. The molecule has 0 radical (unpaired) electrons. The van der Waals surface area contributed by atoms with Gasteiger partial charge in [-0.05, 0) is 75.5 Å². The largest absolute Gasteiger partial charge is 0.352 e. The molecule has 0 bridgehead atoms. The normalized spacial score (nSPS) is 16.6. The zero-order valence-electron chi connectivity index (χ0n) is 16.5. The summed E-state index contributed by atoms with van der Waals surface area (Å²) in [4.78, 5) is 32.9. The second-order valence-corrected chi connectivity index (χ2v) is 9.12. The summed E-state index contributed by atoms with van der Waals surface area (Å²) < 4.78 is 1.54. The van der Waals surface area contributed by atoms with Crippen LogP contribution in [0.4, 0.5) is 0 Å². The number of amides is 1. The number of hydrogen-bond donors (Lipinski definition) is 1. The molecule has 3 aromatic rings. The van der Waals surface area contributed by atoms with Gasteiger partial charge < -0.3 is 5.32 Å². The molecule has 0 spiro atoms. The predicted molar refractivity (Wildman–Crippen MR) is 117 cm³/mol. The minimum Gasteiger partial charge on any atom is -0.352 e. The lowest BCUT2D eigenvalue weighted by atomic mass is 9.97. The van der Waals surface area contributed by atoms with Gasteiger partial charge in [-0.25, -0.2) is 4.98 Å². The standard InChI is InChI=1S/C23H25N3O2S/c27-21(24-13-12-15-7-2-1-3-8-15)17-10-6-14-26-20(17)25-22-19(23(26)28)16-9-4-5-11-18(16)29-22/h6-7,10,14H,1-5,8-9,11-13H2,(H,24,27). The van der Waals surface area contributed by atoms with Crippen LogP contribution >= 0.6 is 11.3 Å². The van der Waals surface area contributed by atoms with Crippen LogP contribution in [-0.4, -0.2) is 21.8 Å². The van der Waals surface area contributed by atoms with Crippen LogP contribution in [0, 0.1) is 0 Å². The Kier molecular flexibility index (Phi) is 4.96. The van der Waals surface area contributed by atoms with E-state index >= 15 is 0 Å². The van der Waals surface area contributed by atoms with Gasteiger partial charge in [0.25, 0.3) is 11.5 Å². The van der Waals surface area contributed by atoms with E-state index in [0.29, 0.717) is 17.8 Å². The highest BCUT2D eigenvalue weighted by atomic mass is 32.1. The SMILES string of the molecule is O=C(NCCC1=CCCCC1)c1cccn2c(=O)c3c4c(sc3nc12)CCCC4. The van der Waals surface area contributed by atoms with Gasteiger partial charge in [-0.15, -0.1) is 11.3 Å². The fourth-order valence-corrected chi connectivity index (χ4v) is 5.84. The number of hydrogen-bond acceptors (Lipinski definition) is 4. The molecule has 5 nitrogen and oxygen atoms in total. The molecule has 0 saturated carbocycles. The first-order chi connectivity index (χ1) is 14.2. The van der Waals surface area contributed by atoms with Crippen molar-refractivity contribution in [3.8, 4) is 0 Å².